The van der Waals surface area contributed by atoms with Gasteiger partial charge < -0.3 is 19.6 Å². The maximum absolute atomic E-state index is 13.4. The van der Waals surface area contributed by atoms with Crippen LogP contribution in [0.15, 0.2) is 60.7 Å². The molecule has 2 saturated heterocycles. The van der Waals surface area contributed by atoms with E-state index in [1.807, 2.05) is 37.5 Å². The van der Waals surface area contributed by atoms with E-state index >= 15 is 0 Å². The zero-order valence-corrected chi connectivity index (χ0v) is 38.1. The van der Waals surface area contributed by atoms with E-state index in [0.717, 1.165) is 77.5 Å². The zero-order valence-electron chi connectivity index (χ0n) is 38.1. The number of rotatable bonds is 12. The lowest BCUT2D eigenvalue weighted by atomic mass is 9.68. The normalized spacial score (nSPS) is 29.7. The highest BCUT2D eigenvalue weighted by Gasteiger charge is 2.57. The molecule has 8 rings (SSSR count). The van der Waals surface area contributed by atoms with Gasteiger partial charge in [-0.3, -0.25) is 9.80 Å². The van der Waals surface area contributed by atoms with Gasteiger partial charge in [-0.05, 0) is 156 Å². The van der Waals surface area contributed by atoms with Gasteiger partial charge in [0.2, 0.25) is 0 Å². The fourth-order valence-corrected chi connectivity index (χ4v) is 11.3. The van der Waals surface area contributed by atoms with Crippen LogP contribution in [-0.2, 0) is 11.1 Å². The Morgan fingerprint density at radius 1 is 0.567 bits per heavy atom. The molecule has 324 valence electrons. The number of nitrogens with zero attached hydrogens (tertiary/aromatic N) is 8. The van der Waals surface area contributed by atoms with E-state index in [9.17, 15) is 20.1 Å². The van der Waals surface area contributed by atoms with Gasteiger partial charge in [-0.15, -0.1) is 0 Å². The van der Waals surface area contributed by atoms with Crippen LogP contribution in [0.1, 0.15) is 116 Å². The highest BCUT2D eigenvalue weighted by molar-refractivity contribution is 5.79. The minimum Gasteiger partial charge on any atom is -0.321 e. The zero-order chi connectivity index (χ0) is 43.1. The van der Waals surface area contributed by atoms with E-state index < -0.39 is 10.8 Å². The average Bonchev–Trinajstić information content (AvgIpc) is 4.18. The number of carbonyl (C=O) groups is 2. The van der Waals surface area contributed by atoms with Crippen LogP contribution in [0.3, 0.4) is 0 Å². The van der Waals surface area contributed by atoms with Crippen LogP contribution in [0, 0.1) is 45.3 Å². The quantitative estimate of drug-likeness (QED) is 0.212. The number of nitriles is 2. The number of hydrogen-bond donors (Lipinski definition) is 0. The molecule has 2 aliphatic heterocycles. The summed E-state index contributed by atoms with van der Waals surface area (Å²) >= 11 is 0. The van der Waals surface area contributed by atoms with Crippen LogP contribution in [0.2, 0.25) is 0 Å². The van der Waals surface area contributed by atoms with Gasteiger partial charge in [0.15, 0.2) is 0 Å². The third-order valence-electron chi connectivity index (χ3n) is 15.5. The molecule has 4 saturated carbocycles. The van der Waals surface area contributed by atoms with Crippen LogP contribution in [0.5, 0.6) is 0 Å². The summed E-state index contributed by atoms with van der Waals surface area (Å²) in [5.74, 6) is 1.34. The molecule has 10 heteroatoms. The molecule has 0 radical (unpaired) electrons. The van der Waals surface area contributed by atoms with Gasteiger partial charge in [-0.1, -0.05) is 60.7 Å². The molecule has 60 heavy (non-hydrogen) atoms. The van der Waals surface area contributed by atoms with Gasteiger partial charge in [0.25, 0.3) is 0 Å². The molecule has 10 nitrogen and oxygen atoms in total. The minimum atomic E-state index is -0.515. The summed E-state index contributed by atoms with van der Waals surface area (Å²) in [5, 5.41) is 19.0. The smallest absolute Gasteiger partial charge is 0.320 e. The lowest BCUT2D eigenvalue weighted by molar-refractivity contribution is 0.0230. The Balaban J connectivity index is 0.000000181. The van der Waals surface area contributed by atoms with Crippen LogP contribution in [0.4, 0.5) is 9.59 Å². The first-order chi connectivity index (χ1) is 28.4. The number of amides is 4. The van der Waals surface area contributed by atoms with Crippen molar-refractivity contribution in [1.29, 1.82) is 10.5 Å². The van der Waals surface area contributed by atoms with Gasteiger partial charge >= 0.3 is 12.1 Å². The van der Waals surface area contributed by atoms with Crippen LogP contribution < -0.4 is 0 Å². The first-order valence-corrected chi connectivity index (χ1v) is 22.8. The lowest BCUT2D eigenvalue weighted by Crippen LogP contribution is -2.55. The summed E-state index contributed by atoms with van der Waals surface area (Å²) in [5.41, 5.74) is 1.62. The van der Waals surface area contributed by atoms with Gasteiger partial charge in [0.1, 0.15) is 0 Å². The van der Waals surface area contributed by atoms with E-state index in [1.54, 1.807) is 0 Å². The Morgan fingerprint density at radius 3 is 1.15 bits per heavy atom. The largest absolute Gasteiger partial charge is 0.321 e. The summed E-state index contributed by atoms with van der Waals surface area (Å²) in [6.45, 7) is 12.1. The Hall–Kier alpha value is -4.12. The van der Waals surface area contributed by atoms with E-state index in [4.69, 9.17) is 0 Å². The van der Waals surface area contributed by atoms with Crippen molar-refractivity contribution in [2.75, 3.05) is 67.5 Å². The van der Waals surface area contributed by atoms with E-state index in [-0.39, 0.29) is 34.2 Å². The van der Waals surface area contributed by atoms with Crippen molar-refractivity contribution in [3.8, 4) is 12.1 Å². The van der Waals surface area contributed by atoms with Gasteiger partial charge in [-0.2, -0.15) is 10.5 Å². The third-order valence-corrected chi connectivity index (χ3v) is 15.5. The first-order valence-electron chi connectivity index (χ1n) is 22.8. The van der Waals surface area contributed by atoms with E-state index in [2.05, 4.69) is 121 Å². The van der Waals surface area contributed by atoms with Crippen molar-refractivity contribution in [3.63, 3.8) is 0 Å². The van der Waals surface area contributed by atoms with Crippen molar-refractivity contribution in [2.24, 2.45) is 22.7 Å². The van der Waals surface area contributed by atoms with E-state index in [1.165, 1.54) is 36.8 Å². The molecule has 2 spiro atoms. The van der Waals surface area contributed by atoms with Crippen molar-refractivity contribution in [1.82, 2.24) is 29.4 Å². The molecule has 2 aromatic rings. The molecule has 2 heterocycles. The number of hydrogen-bond acceptors (Lipinski definition) is 6. The fourth-order valence-electron chi connectivity index (χ4n) is 11.3. The maximum Gasteiger partial charge on any atom is 0.320 e. The fraction of sp³-hybridized carbons (Fsp3) is 0.680. The van der Waals surface area contributed by atoms with Crippen molar-refractivity contribution in [2.45, 2.75) is 127 Å². The van der Waals surface area contributed by atoms with Crippen molar-refractivity contribution < 1.29 is 9.59 Å². The summed E-state index contributed by atoms with van der Waals surface area (Å²) in [4.78, 5) is 40.0. The molecule has 0 aromatic heterocycles. The lowest BCUT2D eigenvalue weighted by Gasteiger charge is -2.51. The molecule has 0 unspecified atom stereocenters. The second kappa shape index (κ2) is 16.6. The van der Waals surface area contributed by atoms with E-state index in [0.29, 0.717) is 24.9 Å². The predicted octanol–water partition coefficient (Wildman–Crippen LogP) is 8.91. The standard InChI is InChI=1S/2C25H36N4O/c2*1-23(2,17-26)18-28-19-24(29(22(28)30)16-20-10-11-20)12-14-25(15-13-24,27(3)4)21-8-6-5-7-9-21/h2*5-9,20H,10-16,18-19H2,1-4H3. The summed E-state index contributed by atoms with van der Waals surface area (Å²) in [6.07, 6.45) is 13.2. The molecule has 2 aromatic carbocycles. The van der Waals surface area contributed by atoms with Crippen molar-refractivity contribution in [3.05, 3.63) is 71.8 Å². The maximum atomic E-state index is 13.4. The average molecular weight is 817 g/mol. The van der Waals surface area contributed by atoms with Crippen molar-refractivity contribution >= 4 is 12.1 Å². The second-order valence-electron chi connectivity index (χ2n) is 21.4. The highest BCUT2D eigenvalue weighted by atomic mass is 16.2. The summed E-state index contributed by atoms with van der Waals surface area (Å²) in [6, 6.07) is 26.8. The molecular weight excluding hydrogens is 745 g/mol. The van der Waals surface area contributed by atoms with Gasteiger partial charge in [0, 0.05) is 50.3 Å². The molecule has 0 bridgehead atoms. The molecule has 6 fully saturated rings. The summed E-state index contributed by atoms with van der Waals surface area (Å²) in [7, 11) is 8.76. The molecule has 0 atom stereocenters. The Labute approximate surface area is 361 Å². The molecule has 0 N–H and O–H groups in total. The Kier molecular flexibility index (Phi) is 12.2. The van der Waals surface area contributed by atoms with Gasteiger partial charge in [0.05, 0.1) is 34.0 Å². The number of benzene rings is 2. The minimum absolute atomic E-state index is 0.0279. The van der Waals surface area contributed by atoms with Crippen LogP contribution in [-0.4, -0.2) is 120 Å². The topological polar surface area (TPSA) is 101 Å². The Morgan fingerprint density at radius 2 is 0.883 bits per heavy atom. The van der Waals surface area contributed by atoms with Gasteiger partial charge in [-0.25, -0.2) is 9.59 Å². The molecule has 4 aliphatic carbocycles. The van der Waals surface area contributed by atoms with Crippen LogP contribution in [0.25, 0.3) is 0 Å². The van der Waals surface area contributed by atoms with Crippen LogP contribution >= 0.6 is 0 Å². The number of carbonyl (C=O) groups excluding carboxylic acids is 2. The summed E-state index contributed by atoms with van der Waals surface area (Å²) < 4.78 is 0. The third kappa shape index (κ3) is 8.66. The monoisotopic (exact) mass is 817 g/mol. The molecule has 6 aliphatic rings. The first kappa shape index (κ1) is 44.0. The predicted molar refractivity (Wildman–Crippen MR) is 238 cm³/mol. The second-order valence-corrected chi connectivity index (χ2v) is 21.4. The Bertz CT molecular complexity index is 1770. The SMILES string of the molecule is CN(C)C1(c2ccccc2)CCC2(CC1)CN(CC(C)(C)C#N)C(=O)N2CC1CC1.CN(C)C1(c2ccccc2)CCC2(CC1)CN(CC(C)(C)C#N)C(=O)N2CC1CC1. The highest BCUT2D eigenvalue weighted by Crippen LogP contribution is 2.52. The molecular formula is C50H72N8O2. The molecule has 4 amide bonds. The number of urea groups is 2.